The van der Waals surface area contributed by atoms with Crippen LogP contribution in [0.5, 0.6) is 0 Å². The minimum Gasteiger partial charge on any atom is -0.357 e. The molecular formula is C20H23FN4O2S. The second-order valence-corrected chi connectivity index (χ2v) is 8.22. The summed E-state index contributed by atoms with van der Waals surface area (Å²) >= 11 is 0. The fourth-order valence-corrected chi connectivity index (χ4v) is 3.11. The van der Waals surface area contributed by atoms with Crippen molar-refractivity contribution in [2.24, 2.45) is 4.99 Å². The number of benzene rings is 2. The quantitative estimate of drug-likeness (QED) is 0.548. The zero-order valence-electron chi connectivity index (χ0n) is 15.9. The van der Waals surface area contributed by atoms with Crippen molar-refractivity contribution in [2.75, 3.05) is 19.3 Å². The van der Waals surface area contributed by atoms with E-state index < -0.39 is 15.7 Å². The Balaban J connectivity index is 1.95. The van der Waals surface area contributed by atoms with E-state index in [4.69, 9.17) is 5.26 Å². The van der Waals surface area contributed by atoms with E-state index in [9.17, 15) is 12.8 Å². The number of nitriles is 1. The Labute approximate surface area is 165 Å². The van der Waals surface area contributed by atoms with Crippen LogP contribution in [-0.4, -0.2) is 33.7 Å². The van der Waals surface area contributed by atoms with Crippen LogP contribution in [0.15, 0.2) is 52.4 Å². The summed E-state index contributed by atoms with van der Waals surface area (Å²) in [4.78, 5) is 4.66. The zero-order chi connectivity index (χ0) is 20.6. The molecule has 0 atom stereocenters. The van der Waals surface area contributed by atoms with Gasteiger partial charge < -0.3 is 10.6 Å². The summed E-state index contributed by atoms with van der Waals surface area (Å²) in [5.41, 5.74) is 1.68. The lowest BCUT2D eigenvalue weighted by atomic mass is 10.1. The monoisotopic (exact) mass is 402 g/mol. The molecule has 0 heterocycles. The minimum absolute atomic E-state index is 0.149. The van der Waals surface area contributed by atoms with Crippen LogP contribution in [0.3, 0.4) is 0 Å². The summed E-state index contributed by atoms with van der Waals surface area (Å²) in [6.07, 6.45) is 1.86. The fourth-order valence-electron chi connectivity index (χ4n) is 2.48. The van der Waals surface area contributed by atoms with E-state index in [-0.39, 0.29) is 12.1 Å². The molecule has 0 saturated carbocycles. The summed E-state index contributed by atoms with van der Waals surface area (Å²) in [6.45, 7) is 3.32. The second kappa shape index (κ2) is 9.85. The van der Waals surface area contributed by atoms with E-state index >= 15 is 0 Å². The van der Waals surface area contributed by atoms with Gasteiger partial charge >= 0.3 is 0 Å². The second-order valence-electron chi connectivity index (χ2n) is 6.21. The molecule has 28 heavy (non-hydrogen) atoms. The first-order valence-electron chi connectivity index (χ1n) is 8.83. The van der Waals surface area contributed by atoms with Crippen LogP contribution in [0.4, 0.5) is 4.39 Å². The summed E-state index contributed by atoms with van der Waals surface area (Å²) in [5, 5.41) is 15.1. The SMILES string of the molecule is CCNC(=NCc1ccc(C#N)cc1F)NCCc1ccc(S(C)(=O)=O)cc1. The molecule has 6 nitrogen and oxygen atoms in total. The van der Waals surface area contributed by atoms with Gasteiger partial charge in [0.05, 0.1) is 23.1 Å². The summed E-state index contributed by atoms with van der Waals surface area (Å²) in [6, 6.07) is 13.0. The first-order chi connectivity index (χ1) is 13.3. The van der Waals surface area contributed by atoms with Crippen molar-refractivity contribution in [3.05, 3.63) is 65.0 Å². The first-order valence-corrected chi connectivity index (χ1v) is 10.7. The van der Waals surface area contributed by atoms with Crippen LogP contribution < -0.4 is 10.6 Å². The largest absolute Gasteiger partial charge is 0.357 e. The Morgan fingerprint density at radius 2 is 1.89 bits per heavy atom. The van der Waals surface area contributed by atoms with Gasteiger partial charge in [-0.1, -0.05) is 18.2 Å². The van der Waals surface area contributed by atoms with Crippen LogP contribution >= 0.6 is 0 Å². The molecule has 0 fully saturated rings. The molecule has 0 unspecified atom stereocenters. The highest BCUT2D eigenvalue weighted by Gasteiger charge is 2.07. The maximum Gasteiger partial charge on any atom is 0.191 e. The van der Waals surface area contributed by atoms with E-state index in [1.54, 1.807) is 36.4 Å². The van der Waals surface area contributed by atoms with Crippen molar-refractivity contribution in [1.29, 1.82) is 5.26 Å². The number of aliphatic imine (C=N–C) groups is 1. The summed E-state index contributed by atoms with van der Waals surface area (Å²) in [7, 11) is -3.20. The van der Waals surface area contributed by atoms with Crippen molar-refractivity contribution in [3.63, 3.8) is 0 Å². The normalized spacial score (nSPS) is 11.7. The maximum absolute atomic E-state index is 14.0. The third-order valence-corrected chi connectivity index (χ3v) is 5.12. The van der Waals surface area contributed by atoms with Crippen molar-refractivity contribution in [1.82, 2.24) is 10.6 Å². The van der Waals surface area contributed by atoms with E-state index in [0.717, 1.165) is 5.56 Å². The fraction of sp³-hybridized carbons (Fsp3) is 0.300. The van der Waals surface area contributed by atoms with Gasteiger partial charge in [0, 0.05) is 24.9 Å². The maximum atomic E-state index is 14.0. The average molecular weight is 402 g/mol. The topological polar surface area (TPSA) is 94.3 Å². The lowest BCUT2D eigenvalue weighted by Gasteiger charge is -2.12. The van der Waals surface area contributed by atoms with Crippen LogP contribution in [0.25, 0.3) is 0 Å². The van der Waals surface area contributed by atoms with Gasteiger partial charge in [-0.25, -0.2) is 17.8 Å². The highest BCUT2D eigenvalue weighted by molar-refractivity contribution is 7.90. The third kappa shape index (κ3) is 6.35. The van der Waals surface area contributed by atoms with Gasteiger partial charge in [-0.2, -0.15) is 5.26 Å². The molecule has 0 bridgehead atoms. The molecular weight excluding hydrogens is 379 g/mol. The zero-order valence-corrected chi connectivity index (χ0v) is 16.7. The smallest absolute Gasteiger partial charge is 0.191 e. The number of nitrogens with one attached hydrogen (secondary N) is 2. The van der Waals surface area contributed by atoms with Crippen LogP contribution in [-0.2, 0) is 22.8 Å². The van der Waals surface area contributed by atoms with Gasteiger partial charge in [-0.3, -0.25) is 0 Å². The molecule has 0 amide bonds. The molecule has 2 N–H and O–H groups in total. The van der Waals surface area contributed by atoms with Crippen LogP contribution in [0.1, 0.15) is 23.6 Å². The molecule has 0 aromatic heterocycles. The van der Waals surface area contributed by atoms with E-state index in [2.05, 4.69) is 15.6 Å². The molecule has 2 rings (SSSR count). The third-order valence-electron chi connectivity index (χ3n) is 3.99. The number of nitrogens with zero attached hydrogens (tertiary/aromatic N) is 2. The number of rotatable bonds is 7. The Hall–Kier alpha value is -2.92. The van der Waals surface area contributed by atoms with Gasteiger partial charge in [0.15, 0.2) is 15.8 Å². The molecule has 0 aliphatic carbocycles. The predicted molar refractivity (Wildman–Crippen MR) is 107 cm³/mol. The standard InChI is InChI=1S/C20H23FN4O2S/c1-3-23-20(25-14-17-7-4-16(13-22)12-19(17)21)24-11-10-15-5-8-18(9-6-15)28(2,26)27/h4-9,12H,3,10-11,14H2,1-2H3,(H2,23,24,25). The molecule has 148 valence electrons. The molecule has 8 heteroatoms. The lowest BCUT2D eigenvalue weighted by Crippen LogP contribution is -2.38. The van der Waals surface area contributed by atoms with Gasteiger partial charge in [-0.15, -0.1) is 0 Å². The molecule has 2 aromatic rings. The Morgan fingerprint density at radius 1 is 1.18 bits per heavy atom. The van der Waals surface area contributed by atoms with Crippen LogP contribution in [0.2, 0.25) is 0 Å². The Morgan fingerprint density at radius 3 is 2.46 bits per heavy atom. The van der Waals surface area contributed by atoms with E-state index in [1.165, 1.54) is 12.3 Å². The summed E-state index contributed by atoms with van der Waals surface area (Å²) < 4.78 is 36.9. The molecule has 0 saturated heterocycles. The number of halogens is 1. The molecule has 0 spiro atoms. The highest BCUT2D eigenvalue weighted by atomic mass is 32.2. The van der Waals surface area contributed by atoms with Crippen molar-refractivity contribution in [2.45, 2.75) is 24.8 Å². The number of hydrogen-bond donors (Lipinski definition) is 2. The van der Waals surface area contributed by atoms with Gasteiger partial charge in [0.25, 0.3) is 0 Å². The minimum atomic E-state index is -3.20. The van der Waals surface area contributed by atoms with Crippen LogP contribution in [0, 0.1) is 17.1 Å². The first kappa shape index (κ1) is 21.4. The predicted octanol–water partition coefficient (Wildman–Crippen LogP) is 2.40. The van der Waals surface area contributed by atoms with Crippen molar-refractivity contribution < 1.29 is 12.8 Å². The van der Waals surface area contributed by atoms with Gasteiger partial charge in [-0.05, 0) is 43.2 Å². The molecule has 2 aromatic carbocycles. The highest BCUT2D eigenvalue weighted by Crippen LogP contribution is 2.12. The van der Waals surface area contributed by atoms with Crippen molar-refractivity contribution in [3.8, 4) is 6.07 Å². The van der Waals surface area contributed by atoms with Crippen molar-refractivity contribution >= 4 is 15.8 Å². The lowest BCUT2D eigenvalue weighted by molar-refractivity contribution is 0.602. The number of sulfone groups is 1. The number of hydrogen-bond acceptors (Lipinski definition) is 4. The average Bonchev–Trinajstić information content (AvgIpc) is 2.66. The van der Waals surface area contributed by atoms with E-state index in [0.29, 0.717) is 35.9 Å². The molecule has 0 aliphatic rings. The Bertz CT molecular complexity index is 980. The van der Waals surface area contributed by atoms with Gasteiger partial charge in [0.2, 0.25) is 0 Å². The number of guanidine groups is 1. The van der Waals surface area contributed by atoms with E-state index in [1.807, 2.05) is 13.0 Å². The summed E-state index contributed by atoms with van der Waals surface area (Å²) in [5.74, 6) is 0.101. The van der Waals surface area contributed by atoms with Gasteiger partial charge in [0.1, 0.15) is 5.82 Å². The molecule has 0 radical (unpaired) electrons. The Kier molecular flexibility index (Phi) is 7.52. The molecule has 0 aliphatic heterocycles.